The van der Waals surface area contributed by atoms with Gasteiger partial charge in [0.1, 0.15) is 5.75 Å². The third-order valence-corrected chi connectivity index (χ3v) is 6.04. The van der Waals surface area contributed by atoms with E-state index < -0.39 is 0 Å². The van der Waals surface area contributed by atoms with E-state index in [0.717, 1.165) is 30.4 Å². The standard InChI is InChI=1S/C30H30O3/c1-3-4-18-33-30(31)24-12-10-23(11-13-24)29(19-22-8-6-5-7-9-22)27-15-14-26-21-28(32-2)17-16-25(26)20-27/h5-17,20-21,29H,3-4,18-19H2,1-2H3. The van der Waals surface area contributed by atoms with E-state index >= 15 is 0 Å². The highest BCUT2D eigenvalue weighted by Gasteiger charge is 2.17. The van der Waals surface area contributed by atoms with Gasteiger partial charge in [-0.3, -0.25) is 0 Å². The van der Waals surface area contributed by atoms with Crippen LogP contribution in [0.2, 0.25) is 0 Å². The summed E-state index contributed by atoms with van der Waals surface area (Å²) in [5.41, 5.74) is 4.30. The van der Waals surface area contributed by atoms with Gasteiger partial charge in [0.25, 0.3) is 0 Å². The summed E-state index contributed by atoms with van der Waals surface area (Å²) in [7, 11) is 1.69. The highest BCUT2D eigenvalue weighted by molar-refractivity contribution is 5.89. The third-order valence-electron chi connectivity index (χ3n) is 6.04. The normalized spacial score (nSPS) is 11.8. The summed E-state index contributed by atoms with van der Waals surface area (Å²) in [5.74, 6) is 0.774. The van der Waals surface area contributed by atoms with Crippen LogP contribution in [0, 0.1) is 0 Å². The van der Waals surface area contributed by atoms with Crippen molar-refractivity contribution >= 4 is 16.7 Å². The molecule has 0 bridgehead atoms. The molecule has 3 heteroatoms. The van der Waals surface area contributed by atoms with E-state index in [4.69, 9.17) is 9.47 Å². The summed E-state index contributed by atoms with van der Waals surface area (Å²) in [5, 5.41) is 2.34. The van der Waals surface area contributed by atoms with Crippen LogP contribution in [0.25, 0.3) is 10.8 Å². The third kappa shape index (κ3) is 5.61. The van der Waals surface area contributed by atoms with Crippen LogP contribution < -0.4 is 4.74 Å². The van der Waals surface area contributed by atoms with E-state index in [0.29, 0.717) is 12.2 Å². The Balaban J connectivity index is 1.65. The maximum atomic E-state index is 12.3. The SMILES string of the molecule is CCCCOC(=O)c1ccc(C(Cc2ccccc2)c2ccc3cc(OC)ccc3c2)cc1. The van der Waals surface area contributed by atoms with E-state index in [9.17, 15) is 4.79 Å². The lowest BCUT2D eigenvalue weighted by Gasteiger charge is -2.20. The Kier molecular flexibility index (Phi) is 7.41. The van der Waals surface area contributed by atoms with Crippen molar-refractivity contribution in [1.29, 1.82) is 0 Å². The number of unbranched alkanes of at least 4 members (excludes halogenated alkanes) is 1. The Labute approximate surface area is 196 Å². The molecule has 4 aromatic rings. The van der Waals surface area contributed by atoms with Crippen molar-refractivity contribution in [3.8, 4) is 5.75 Å². The van der Waals surface area contributed by atoms with Crippen LogP contribution in [0.1, 0.15) is 52.7 Å². The molecule has 0 heterocycles. The van der Waals surface area contributed by atoms with Gasteiger partial charge in [0, 0.05) is 5.92 Å². The molecule has 0 aromatic heterocycles. The molecule has 0 saturated heterocycles. The van der Waals surface area contributed by atoms with Gasteiger partial charge in [-0.15, -0.1) is 0 Å². The summed E-state index contributed by atoms with van der Waals surface area (Å²) in [4.78, 5) is 12.3. The van der Waals surface area contributed by atoms with Crippen LogP contribution in [0.15, 0.2) is 91.0 Å². The molecule has 0 N–H and O–H groups in total. The molecule has 0 saturated carbocycles. The minimum atomic E-state index is -0.255. The number of methoxy groups -OCH3 is 1. The maximum absolute atomic E-state index is 12.3. The van der Waals surface area contributed by atoms with Crippen molar-refractivity contribution in [3.05, 3.63) is 113 Å². The summed E-state index contributed by atoms with van der Waals surface area (Å²) < 4.78 is 10.7. The molecule has 0 fully saturated rings. The maximum Gasteiger partial charge on any atom is 0.338 e. The molecule has 1 atom stereocenters. The van der Waals surface area contributed by atoms with Crippen molar-refractivity contribution in [3.63, 3.8) is 0 Å². The first-order valence-electron chi connectivity index (χ1n) is 11.6. The minimum Gasteiger partial charge on any atom is -0.497 e. The second-order valence-electron chi connectivity index (χ2n) is 8.33. The topological polar surface area (TPSA) is 35.5 Å². The number of fused-ring (bicyclic) bond motifs is 1. The van der Waals surface area contributed by atoms with Crippen molar-refractivity contribution in [2.24, 2.45) is 0 Å². The van der Waals surface area contributed by atoms with Gasteiger partial charge in [0.15, 0.2) is 0 Å². The molecule has 0 radical (unpaired) electrons. The second kappa shape index (κ2) is 10.8. The lowest BCUT2D eigenvalue weighted by molar-refractivity contribution is 0.0499. The number of carbonyl (C=O) groups is 1. The molecule has 33 heavy (non-hydrogen) atoms. The number of benzene rings is 4. The molecule has 1 unspecified atom stereocenters. The quantitative estimate of drug-likeness (QED) is 0.205. The first-order valence-corrected chi connectivity index (χ1v) is 11.6. The van der Waals surface area contributed by atoms with Crippen molar-refractivity contribution in [2.45, 2.75) is 32.1 Å². The smallest absolute Gasteiger partial charge is 0.338 e. The first-order chi connectivity index (χ1) is 16.2. The predicted molar refractivity (Wildman–Crippen MR) is 134 cm³/mol. The van der Waals surface area contributed by atoms with Crippen LogP contribution in [0.3, 0.4) is 0 Å². The van der Waals surface area contributed by atoms with E-state index in [2.05, 4.69) is 73.7 Å². The molecule has 4 aromatic carbocycles. The zero-order chi connectivity index (χ0) is 23.0. The van der Waals surface area contributed by atoms with Gasteiger partial charge in [0.2, 0.25) is 0 Å². The van der Waals surface area contributed by atoms with E-state index in [1.807, 2.05) is 24.3 Å². The zero-order valence-electron chi connectivity index (χ0n) is 19.3. The molecule has 0 aliphatic rings. The molecular formula is C30H30O3. The highest BCUT2D eigenvalue weighted by atomic mass is 16.5. The monoisotopic (exact) mass is 438 g/mol. The van der Waals surface area contributed by atoms with Crippen LogP contribution in [0.5, 0.6) is 5.75 Å². The average molecular weight is 439 g/mol. The Morgan fingerprint density at radius 3 is 2.24 bits per heavy atom. The van der Waals surface area contributed by atoms with Crippen molar-refractivity contribution in [1.82, 2.24) is 0 Å². The number of ether oxygens (including phenoxy) is 2. The predicted octanol–water partition coefficient (Wildman–Crippen LogP) is 7.18. The van der Waals surface area contributed by atoms with Gasteiger partial charge >= 0.3 is 5.97 Å². The molecule has 0 amide bonds. The summed E-state index contributed by atoms with van der Waals surface area (Å²) in [6, 6.07) is 31.2. The summed E-state index contributed by atoms with van der Waals surface area (Å²) >= 11 is 0. The van der Waals surface area contributed by atoms with E-state index in [-0.39, 0.29) is 11.9 Å². The molecule has 0 spiro atoms. The van der Waals surface area contributed by atoms with Gasteiger partial charge in [0.05, 0.1) is 19.3 Å². The fourth-order valence-corrected chi connectivity index (χ4v) is 4.11. The lowest BCUT2D eigenvalue weighted by atomic mass is 9.85. The Morgan fingerprint density at radius 2 is 1.52 bits per heavy atom. The van der Waals surface area contributed by atoms with Crippen LogP contribution >= 0.6 is 0 Å². The number of esters is 1. The van der Waals surface area contributed by atoms with Gasteiger partial charge in [-0.25, -0.2) is 4.79 Å². The van der Waals surface area contributed by atoms with Gasteiger partial charge in [-0.1, -0.05) is 80.1 Å². The molecule has 3 nitrogen and oxygen atoms in total. The Bertz CT molecular complexity index is 1200. The zero-order valence-corrected chi connectivity index (χ0v) is 19.3. The number of hydrogen-bond donors (Lipinski definition) is 0. The van der Waals surface area contributed by atoms with Crippen molar-refractivity contribution in [2.75, 3.05) is 13.7 Å². The summed E-state index contributed by atoms with van der Waals surface area (Å²) in [6.45, 7) is 2.55. The highest BCUT2D eigenvalue weighted by Crippen LogP contribution is 2.32. The molecule has 0 aliphatic heterocycles. The van der Waals surface area contributed by atoms with Gasteiger partial charge in [-0.2, -0.15) is 0 Å². The number of hydrogen-bond acceptors (Lipinski definition) is 3. The number of rotatable bonds is 9. The van der Waals surface area contributed by atoms with Crippen LogP contribution in [-0.4, -0.2) is 19.7 Å². The minimum absolute atomic E-state index is 0.170. The molecule has 4 rings (SSSR count). The first kappa shape index (κ1) is 22.6. The molecule has 168 valence electrons. The van der Waals surface area contributed by atoms with E-state index in [1.54, 1.807) is 7.11 Å². The lowest BCUT2D eigenvalue weighted by Crippen LogP contribution is -2.08. The summed E-state index contributed by atoms with van der Waals surface area (Å²) in [6.07, 6.45) is 2.77. The average Bonchev–Trinajstić information content (AvgIpc) is 2.87. The second-order valence-corrected chi connectivity index (χ2v) is 8.33. The Morgan fingerprint density at radius 1 is 0.818 bits per heavy atom. The fraction of sp³-hybridized carbons (Fsp3) is 0.233. The van der Waals surface area contributed by atoms with Crippen LogP contribution in [0.4, 0.5) is 0 Å². The van der Waals surface area contributed by atoms with E-state index in [1.165, 1.54) is 22.1 Å². The largest absolute Gasteiger partial charge is 0.497 e. The Hall–Kier alpha value is -3.59. The fourth-order valence-electron chi connectivity index (χ4n) is 4.11. The molecular weight excluding hydrogens is 408 g/mol. The van der Waals surface area contributed by atoms with Gasteiger partial charge in [-0.05, 0) is 64.6 Å². The van der Waals surface area contributed by atoms with Crippen molar-refractivity contribution < 1.29 is 14.3 Å². The number of carbonyl (C=O) groups excluding carboxylic acids is 1. The van der Waals surface area contributed by atoms with Gasteiger partial charge < -0.3 is 9.47 Å². The molecule has 0 aliphatic carbocycles. The van der Waals surface area contributed by atoms with Crippen LogP contribution in [-0.2, 0) is 11.2 Å².